The lowest BCUT2D eigenvalue weighted by Gasteiger charge is -2.41. The summed E-state index contributed by atoms with van der Waals surface area (Å²) in [7, 11) is 0. The lowest BCUT2D eigenvalue weighted by Crippen LogP contribution is -2.55. The van der Waals surface area contributed by atoms with E-state index in [2.05, 4.69) is 63.4 Å². The average Bonchev–Trinajstić information content (AvgIpc) is 2.99. The zero-order valence-electron chi connectivity index (χ0n) is 22.2. The molecule has 1 aliphatic carbocycles. The summed E-state index contributed by atoms with van der Waals surface area (Å²) in [5.41, 5.74) is 4.38. The Morgan fingerprint density at radius 3 is 2.67 bits per heavy atom. The molecule has 0 bridgehead atoms. The van der Waals surface area contributed by atoms with Gasteiger partial charge < -0.3 is 14.5 Å². The molecule has 4 aromatic rings. The van der Waals surface area contributed by atoms with Crippen LogP contribution in [0.15, 0.2) is 72.8 Å². The number of hydrogen-bond donors (Lipinski definition) is 0. The summed E-state index contributed by atoms with van der Waals surface area (Å²) in [5, 5.41) is 12.3. The monoisotopic (exact) mass is 551 g/mol. The number of rotatable bonds is 5. The van der Waals surface area contributed by atoms with Gasteiger partial charge in [0.1, 0.15) is 12.4 Å². The molecule has 0 radical (unpaired) electrons. The van der Waals surface area contributed by atoms with Crippen LogP contribution in [0.25, 0.3) is 10.8 Å². The molecule has 6 rings (SSSR count). The number of ether oxygens (including phenoxy) is 1. The molecule has 1 aliphatic heterocycles. The van der Waals surface area contributed by atoms with Gasteiger partial charge in [-0.3, -0.25) is 0 Å². The number of amides is 1. The van der Waals surface area contributed by atoms with Crippen LogP contribution < -0.4 is 4.90 Å². The van der Waals surface area contributed by atoms with Crippen LogP contribution in [0.2, 0.25) is 5.28 Å². The van der Waals surface area contributed by atoms with Gasteiger partial charge in [0, 0.05) is 25.2 Å². The maximum atomic E-state index is 13.0. The van der Waals surface area contributed by atoms with Crippen molar-refractivity contribution in [3.63, 3.8) is 0 Å². The van der Waals surface area contributed by atoms with Crippen LogP contribution in [-0.4, -0.2) is 46.6 Å². The number of anilines is 1. The van der Waals surface area contributed by atoms with E-state index < -0.39 is 6.09 Å². The Morgan fingerprint density at radius 1 is 1.02 bits per heavy atom. The Balaban J connectivity index is 1.20. The number of hydrogen-bond acceptors (Lipinski definition) is 6. The highest BCUT2D eigenvalue weighted by Gasteiger charge is 2.35. The van der Waals surface area contributed by atoms with Gasteiger partial charge in [0.05, 0.1) is 24.2 Å². The average molecular weight is 552 g/mol. The second kappa shape index (κ2) is 11.5. The van der Waals surface area contributed by atoms with Crippen molar-refractivity contribution in [2.24, 2.45) is 0 Å². The number of carbonyl (C=O) groups is 1. The van der Waals surface area contributed by atoms with Gasteiger partial charge in [-0.25, -0.2) is 14.8 Å². The van der Waals surface area contributed by atoms with Crippen molar-refractivity contribution in [1.82, 2.24) is 14.9 Å². The fraction of sp³-hybridized carbons (Fsp3) is 0.312. The van der Waals surface area contributed by atoms with E-state index in [0.717, 1.165) is 41.9 Å². The lowest BCUT2D eigenvalue weighted by molar-refractivity contribution is 0.0768. The highest BCUT2D eigenvalue weighted by molar-refractivity contribution is 6.28. The number of nitrogens with zero attached hydrogens (tertiary/aromatic N) is 5. The summed E-state index contributed by atoms with van der Waals surface area (Å²) in [6, 6.07) is 26.6. The van der Waals surface area contributed by atoms with E-state index in [0.29, 0.717) is 25.6 Å². The van der Waals surface area contributed by atoms with Gasteiger partial charge in [-0.15, -0.1) is 0 Å². The van der Waals surface area contributed by atoms with E-state index in [-0.39, 0.29) is 24.4 Å². The number of fused-ring (bicyclic) bond motifs is 2. The fourth-order valence-corrected chi connectivity index (χ4v) is 6.25. The molecule has 2 aliphatic rings. The van der Waals surface area contributed by atoms with Crippen molar-refractivity contribution in [3.05, 3.63) is 100 Å². The molecule has 0 saturated carbocycles. The third-order valence-corrected chi connectivity index (χ3v) is 8.21. The van der Waals surface area contributed by atoms with Gasteiger partial charge in [-0.2, -0.15) is 5.26 Å². The highest BCUT2D eigenvalue weighted by Crippen LogP contribution is 2.39. The van der Waals surface area contributed by atoms with Crippen LogP contribution >= 0.6 is 11.6 Å². The smallest absolute Gasteiger partial charge is 0.410 e. The SMILES string of the molecule is N#CC[C@H]1CN(c2nc(Cl)nc3c2CC[C@H](c2cccc4ccccc24)C3)CCN1C(=O)OCc1ccccc1. The second-order valence-electron chi connectivity index (χ2n) is 10.4. The minimum absolute atomic E-state index is 0.200. The predicted molar refractivity (Wildman–Crippen MR) is 155 cm³/mol. The van der Waals surface area contributed by atoms with E-state index in [1.54, 1.807) is 4.90 Å². The van der Waals surface area contributed by atoms with Crippen LogP contribution in [0.1, 0.15) is 41.1 Å². The first-order valence-corrected chi connectivity index (χ1v) is 14.1. The van der Waals surface area contributed by atoms with Gasteiger partial charge in [0.25, 0.3) is 0 Å². The van der Waals surface area contributed by atoms with Crippen molar-refractivity contribution >= 4 is 34.3 Å². The Hall–Kier alpha value is -4.15. The van der Waals surface area contributed by atoms with Crippen LogP contribution in [-0.2, 0) is 24.2 Å². The molecule has 0 N–H and O–H groups in total. The van der Waals surface area contributed by atoms with Gasteiger partial charge >= 0.3 is 6.09 Å². The van der Waals surface area contributed by atoms with Gasteiger partial charge in [-0.1, -0.05) is 72.8 Å². The van der Waals surface area contributed by atoms with E-state index in [9.17, 15) is 10.1 Å². The van der Waals surface area contributed by atoms with Crippen LogP contribution in [0.3, 0.4) is 0 Å². The molecule has 1 amide bonds. The van der Waals surface area contributed by atoms with Gasteiger partial charge in [0.15, 0.2) is 0 Å². The maximum Gasteiger partial charge on any atom is 0.410 e. The van der Waals surface area contributed by atoms with Gasteiger partial charge in [0.2, 0.25) is 5.28 Å². The molecular formula is C32H30ClN5O2. The molecule has 3 aromatic carbocycles. The zero-order chi connectivity index (χ0) is 27.5. The van der Waals surface area contributed by atoms with Crippen molar-refractivity contribution in [2.75, 3.05) is 24.5 Å². The van der Waals surface area contributed by atoms with Crippen molar-refractivity contribution in [3.8, 4) is 6.07 Å². The van der Waals surface area contributed by atoms with E-state index >= 15 is 0 Å². The zero-order valence-corrected chi connectivity index (χ0v) is 22.9. The van der Waals surface area contributed by atoms with Crippen LogP contribution in [0.5, 0.6) is 0 Å². The quantitative estimate of drug-likeness (QED) is 0.271. The summed E-state index contributed by atoms with van der Waals surface area (Å²) in [4.78, 5) is 26.1. The van der Waals surface area contributed by atoms with E-state index in [4.69, 9.17) is 16.3 Å². The normalized spacial score (nSPS) is 18.7. The molecule has 1 saturated heterocycles. The molecule has 1 aromatic heterocycles. The Bertz CT molecular complexity index is 1570. The summed E-state index contributed by atoms with van der Waals surface area (Å²) in [6.07, 6.45) is 2.45. The molecule has 2 atom stereocenters. The molecule has 40 heavy (non-hydrogen) atoms. The molecule has 0 unspecified atom stereocenters. The lowest BCUT2D eigenvalue weighted by atomic mass is 9.80. The third-order valence-electron chi connectivity index (χ3n) is 8.04. The summed E-state index contributed by atoms with van der Waals surface area (Å²) in [5.74, 6) is 1.17. The molecule has 202 valence electrons. The molecule has 0 spiro atoms. The van der Waals surface area contributed by atoms with Crippen LogP contribution in [0, 0.1) is 11.3 Å². The Labute approximate surface area is 239 Å². The molecule has 8 heteroatoms. The minimum Gasteiger partial charge on any atom is -0.445 e. The minimum atomic E-state index is -0.399. The first-order chi connectivity index (χ1) is 19.6. The fourth-order valence-electron chi connectivity index (χ4n) is 6.07. The first kappa shape index (κ1) is 26.1. The van der Waals surface area contributed by atoms with Crippen molar-refractivity contribution in [1.29, 1.82) is 5.26 Å². The number of halogens is 1. The first-order valence-electron chi connectivity index (χ1n) is 13.7. The molecule has 1 fully saturated rings. The van der Waals surface area contributed by atoms with Crippen LogP contribution in [0.4, 0.5) is 10.6 Å². The van der Waals surface area contributed by atoms with Crippen molar-refractivity contribution < 1.29 is 9.53 Å². The highest BCUT2D eigenvalue weighted by atomic mass is 35.5. The molecule has 2 heterocycles. The summed E-state index contributed by atoms with van der Waals surface area (Å²) < 4.78 is 5.59. The number of nitriles is 1. The standard InChI is InChI=1S/C32H30ClN5O2/c33-31-35-29-19-24(27-12-6-10-23-9-4-5-11-26(23)27)13-14-28(29)30(36-31)37-17-18-38(25(20-37)15-16-34)32(39)40-21-22-7-2-1-3-8-22/h1-12,24-25H,13-15,17-21H2/t24-,25-/m0/s1. The molecule has 7 nitrogen and oxygen atoms in total. The predicted octanol–water partition coefficient (Wildman–Crippen LogP) is 6.30. The third kappa shape index (κ3) is 5.32. The topological polar surface area (TPSA) is 82.4 Å². The summed E-state index contributed by atoms with van der Waals surface area (Å²) in [6.45, 7) is 1.70. The van der Waals surface area contributed by atoms with Crippen molar-refractivity contribution in [2.45, 2.75) is 44.2 Å². The number of carbonyl (C=O) groups excluding carboxylic acids is 1. The number of aromatic nitrogens is 2. The maximum absolute atomic E-state index is 13.0. The van der Waals surface area contributed by atoms with E-state index in [1.807, 2.05) is 30.3 Å². The van der Waals surface area contributed by atoms with Gasteiger partial charge in [-0.05, 0) is 58.7 Å². The second-order valence-corrected chi connectivity index (χ2v) is 10.8. The number of benzene rings is 3. The van der Waals surface area contributed by atoms with E-state index in [1.165, 1.54) is 16.3 Å². The number of piperazine rings is 1. The molecular weight excluding hydrogens is 522 g/mol. The summed E-state index contributed by atoms with van der Waals surface area (Å²) >= 11 is 6.48. The largest absolute Gasteiger partial charge is 0.445 e. The Morgan fingerprint density at radius 2 is 1.82 bits per heavy atom. The Kier molecular flexibility index (Phi) is 7.52.